The van der Waals surface area contributed by atoms with Gasteiger partial charge in [-0.15, -0.1) is 0 Å². The van der Waals surface area contributed by atoms with Gasteiger partial charge in [0.05, 0.1) is 12.7 Å². The molecule has 1 aliphatic heterocycles. The molecule has 5 heteroatoms. The van der Waals surface area contributed by atoms with E-state index in [2.05, 4.69) is 5.32 Å². The molecule has 1 saturated carbocycles. The first-order chi connectivity index (χ1) is 11.6. The zero-order chi connectivity index (χ0) is 16.9. The maximum atomic E-state index is 12.4. The molecule has 1 saturated heterocycles. The summed E-state index contributed by atoms with van der Waals surface area (Å²) in [5.41, 5.74) is 1.83. The Morgan fingerprint density at radius 1 is 1.25 bits per heavy atom. The molecule has 2 aliphatic rings. The summed E-state index contributed by atoms with van der Waals surface area (Å²) >= 11 is 0. The summed E-state index contributed by atoms with van der Waals surface area (Å²) in [7, 11) is 1.69. The number of likely N-dealkylation sites (tertiary alicyclic amines) is 1. The van der Waals surface area contributed by atoms with Crippen LogP contribution in [0.3, 0.4) is 0 Å². The first-order valence-corrected chi connectivity index (χ1v) is 8.90. The summed E-state index contributed by atoms with van der Waals surface area (Å²) in [6.45, 7) is 0.580. The number of benzene rings is 1. The third kappa shape index (κ3) is 4.15. The van der Waals surface area contributed by atoms with Crippen LogP contribution in [0.4, 0.5) is 5.69 Å². The second-order valence-corrected chi connectivity index (χ2v) is 6.82. The normalized spacial score (nSPS) is 22.0. The number of carbonyl (C=O) groups is 2. The number of nitrogens with one attached hydrogen (secondary N) is 1. The Bertz CT molecular complexity index is 596. The van der Waals surface area contributed by atoms with Crippen LogP contribution in [0.5, 0.6) is 0 Å². The van der Waals surface area contributed by atoms with Crippen LogP contribution in [-0.2, 0) is 20.9 Å². The summed E-state index contributed by atoms with van der Waals surface area (Å²) in [5, 5.41) is 2.92. The lowest BCUT2D eigenvalue weighted by Crippen LogP contribution is -2.38. The smallest absolute Gasteiger partial charge is 0.247 e. The molecular formula is C19H26N2O3. The molecule has 1 N–H and O–H groups in total. The minimum atomic E-state index is -0.361. The third-order valence-electron chi connectivity index (χ3n) is 5.03. The van der Waals surface area contributed by atoms with Crippen LogP contribution >= 0.6 is 0 Å². The molecular weight excluding hydrogens is 304 g/mol. The number of carbonyl (C=O) groups excluding carboxylic acids is 2. The molecule has 1 aliphatic carbocycles. The molecule has 0 aromatic heterocycles. The summed E-state index contributed by atoms with van der Waals surface area (Å²) in [4.78, 5) is 25.4. The van der Waals surface area contributed by atoms with Crippen molar-refractivity contribution >= 4 is 17.5 Å². The van der Waals surface area contributed by atoms with Gasteiger partial charge < -0.3 is 15.0 Å². The number of anilines is 1. The lowest BCUT2D eigenvalue weighted by atomic mass is 9.98. The number of nitrogens with zero attached hydrogens (tertiary/aromatic N) is 1. The monoisotopic (exact) mass is 330 g/mol. The van der Waals surface area contributed by atoms with Crippen molar-refractivity contribution in [3.8, 4) is 0 Å². The van der Waals surface area contributed by atoms with E-state index in [-0.39, 0.29) is 17.9 Å². The number of hydrogen-bond acceptors (Lipinski definition) is 3. The minimum Gasteiger partial charge on any atom is -0.374 e. The van der Waals surface area contributed by atoms with Gasteiger partial charge >= 0.3 is 0 Å². The van der Waals surface area contributed by atoms with Crippen molar-refractivity contribution in [1.29, 1.82) is 0 Å². The summed E-state index contributed by atoms with van der Waals surface area (Å²) < 4.78 is 5.99. The standard InChI is InChI=1S/C19H26N2O3/c1-21-17(10-11-18(21)22)19(23)20-15-7-5-6-14(12-15)13-24-16-8-3-2-4-9-16/h5-7,12,16-17H,2-4,8-11,13H2,1H3,(H,20,23). The fourth-order valence-corrected chi connectivity index (χ4v) is 3.52. The maximum absolute atomic E-state index is 12.4. The Balaban J connectivity index is 1.54. The van der Waals surface area contributed by atoms with E-state index in [0.29, 0.717) is 25.6 Å². The van der Waals surface area contributed by atoms with Gasteiger partial charge in [-0.2, -0.15) is 0 Å². The van der Waals surface area contributed by atoms with Crippen LogP contribution in [0.25, 0.3) is 0 Å². The Morgan fingerprint density at radius 2 is 2.04 bits per heavy atom. The van der Waals surface area contributed by atoms with Gasteiger partial charge in [0.15, 0.2) is 0 Å². The fraction of sp³-hybridized carbons (Fsp3) is 0.579. The number of likely N-dealkylation sites (N-methyl/N-ethyl adjacent to an activating group) is 1. The first kappa shape index (κ1) is 17.0. The number of ether oxygens (including phenoxy) is 1. The fourth-order valence-electron chi connectivity index (χ4n) is 3.52. The molecule has 24 heavy (non-hydrogen) atoms. The zero-order valence-electron chi connectivity index (χ0n) is 14.3. The van der Waals surface area contributed by atoms with E-state index in [4.69, 9.17) is 4.74 Å². The highest BCUT2D eigenvalue weighted by Crippen LogP contribution is 2.22. The highest BCUT2D eigenvalue weighted by molar-refractivity contribution is 5.98. The Hall–Kier alpha value is -1.88. The molecule has 5 nitrogen and oxygen atoms in total. The molecule has 1 heterocycles. The van der Waals surface area contributed by atoms with Crippen LogP contribution < -0.4 is 5.32 Å². The maximum Gasteiger partial charge on any atom is 0.247 e. The van der Waals surface area contributed by atoms with Crippen LogP contribution in [0.2, 0.25) is 0 Å². The van der Waals surface area contributed by atoms with Gasteiger partial charge in [0.2, 0.25) is 11.8 Å². The van der Waals surface area contributed by atoms with Gasteiger partial charge in [-0.25, -0.2) is 0 Å². The van der Waals surface area contributed by atoms with Gasteiger partial charge in [-0.3, -0.25) is 9.59 Å². The van der Waals surface area contributed by atoms with Crippen molar-refractivity contribution < 1.29 is 14.3 Å². The predicted molar refractivity (Wildman–Crippen MR) is 92.5 cm³/mol. The zero-order valence-corrected chi connectivity index (χ0v) is 14.3. The summed E-state index contributed by atoms with van der Waals surface area (Å²) in [6.07, 6.45) is 7.55. The van der Waals surface area contributed by atoms with Crippen LogP contribution in [0.1, 0.15) is 50.5 Å². The molecule has 1 atom stereocenters. The highest BCUT2D eigenvalue weighted by atomic mass is 16.5. The van der Waals surface area contributed by atoms with E-state index in [0.717, 1.165) is 24.1 Å². The van der Waals surface area contributed by atoms with Gasteiger partial charge in [0.1, 0.15) is 6.04 Å². The van der Waals surface area contributed by atoms with Crippen LogP contribution in [0.15, 0.2) is 24.3 Å². The highest BCUT2D eigenvalue weighted by Gasteiger charge is 2.33. The average molecular weight is 330 g/mol. The molecule has 2 fully saturated rings. The third-order valence-corrected chi connectivity index (χ3v) is 5.03. The topological polar surface area (TPSA) is 58.6 Å². The largest absolute Gasteiger partial charge is 0.374 e. The van der Waals surface area contributed by atoms with Crippen molar-refractivity contribution in [3.05, 3.63) is 29.8 Å². The summed E-state index contributed by atoms with van der Waals surface area (Å²) in [5.74, 6) is -0.0847. The Labute approximate surface area is 143 Å². The van der Waals surface area contributed by atoms with E-state index in [1.807, 2.05) is 24.3 Å². The SMILES string of the molecule is CN1C(=O)CCC1C(=O)Nc1cccc(COC2CCCCC2)c1. The van der Waals surface area contributed by atoms with Crippen molar-refractivity contribution in [2.24, 2.45) is 0 Å². The van der Waals surface area contributed by atoms with E-state index < -0.39 is 0 Å². The lowest BCUT2D eigenvalue weighted by Gasteiger charge is -2.22. The molecule has 130 valence electrons. The second-order valence-electron chi connectivity index (χ2n) is 6.82. The quantitative estimate of drug-likeness (QED) is 0.902. The van der Waals surface area contributed by atoms with Gasteiger partial charge in [-0.05, 0) is 37.0 Å². The summed E-state index contributed by atoms with van der Waals surface area (Å²) in [6, 6.07) is 7.42. The van der Waals surface area contributed by atoms with Crippen LogP contribution in [0, 0.1) is 0 Å². The number of hydrogen-bond donors (Lipinski definition) is 1. The van der Waals surface area contributed by atoms with Crippen LogP contribution in [-0.4, -0.2) is 35.9 Å². The van der Waals surface area contributed by atoms with Crippen molar-refractivity contribution in [2.75, 3.05) is 12.4 Å². The molecule has 3 rings (SSSR count). The van der Waals surface area contributed by atoms with Crippen molar-refractivity contribution in [3.63, 3.8) is 0 Å². The first-order valence-electron chi connectivity index (χ1n) is 8.90. The van der Waals surface area contributed by atoms with Gasteiger partial charge in [-0.1, -0.05) is 31.4 Å². The molecule has 0 bridgehead atoms. The lowest BCUT2D eigenvalue weighted by molar-refractivity contribution is -0.131. The van der Waals surface area contributed by atoms with E-state index in [1.165, 1.54) is 24.2 Å². The van der Waals surface area contributed by atoms with E-state index in [9.17, 15) is 9.59 Å². The number of amides is 2. The molecule has 1 unspecified atom stereocenters. The molecule has 2 amide bonds. The predicted octanol–water partition coefficient (Wildman–Crippen LogP) is 3.10. The molecule has 0 radical (unpaired) electrons. The Morgan fingerprint density at radius 3 is 2.75 bits per heavy atom. The van der Waals surface area contributed by atoms with Gasteiger partial charge in [0, 0.05) is 19.2 Å². The van der Waals surface area contributed by atoms with Crippen molar-refractivity contribution in [1.82, 2.24) is 4.90 Å². The average Bonchev–Trinajstić information content (AvgIpc) is 2.94. The van der Waals surface area contributed by atoms with E-state index in [1.54, 1.807) is 7.05 Å². The molecule has 0 spiro atoms. The molecule has 1 aromatic carbocycles. The number of rotatable bonds is 5. The second kappa shape index (κ2) is 7.79. The Kier molecular flexibility index (Phi) is 5.51. The van der Waals surface area contributed by atoms with Crippen molar-refractivity contribution in [2.45, 2.75) is 63.7 Å². The minimum absolute atomic E-state index is 0.0322. The molecule has 1 aromatic rings. The van der Waals surface area contributed by atoms with E-state index >= 15 is 0 Å². The van der Waals surface area contributed by atoms with Gasteiger partial charge in [0.25, 0.3) is 0 Å².